The van der Waals surface area contributed by atoms with Crippen LogP contribution in [-0.4, -0.2) is 32.8 Å². The molecule has 0 saturated carbocycles. The molecule has 4 aromatic rings. The Morgan fingerprint density at radius 1 is 1.08 bits per heavy atom. The number of esters is 1. The predicted octanol–water partition coefficient (Wildman–Crippen LogP) is 5.81. The van der Waals surface area contributed by atoms with Crippen LogP contribution in [0.3, 0.4) is 0 Å². The number of phenolic OH excluding ortho intramolecular Hbond substituents is 1. The zero-order valence-corrected chi connectivity index (χ0v) is 22.0. The molecule has 0 aliphatic carbocycles. The normalized spacial score (nSPS) is 17.1. The summed E-state index contributed by atoms with van der Waals surface area (Å²) in [7, 11) is 1.37. The highest BCUT2D eigenvalue weighted by molar-refractivity contribution is 7.80. The summed E-state index contributed by atoms with van der Waals surface area (Å²) in [5.41, 5.74) is 5.28. The molecule has 2 N–H and O–H groups in total. The largest absolute Gasteiger partial charge is 0.506 e. The van der Waals surface area contributed by atoms with Gasteiger partial charge in [0.15, 0.2) is 5.11 Å². The molecule has 1 aliphatic rings. The van der Waals surface area contributed by atoms with Gasteiger partial charge in [-0.2, -0.15) is 0 Å². The number of carbonyl (C=O) groups is 1. The highest BCUT2D eigenvalue weighted by Gasteiger charge is 2.43. The summed E-state index contributed by atoms with van der Waals surface area (Å²) in [4.78, 5) is 19.0. The number of pyridine rings is 1. The summed E-state index contributed by atoms with van der Waals surface area (Å²) >= 11 is 12.1. The van der Waals surface area contributed by atoms with Gasteiger partial charge in [0.1, 0.15) is 5.75 Å². The molecule has 1 aliphatic heterocycles. The number of aromatic nitrogens is 2. The van der Waals surface area contributed by atoms with E-state index in [1.165, 1.54) is 7.11 Å². The van der Waals surface area contributed by atoms with Crippen molar-refractivity contribution < 1.29 is 14.6 Å². The molecule has 2 aromatic heterocycles. The third kappa shape index (κ3) is 4.32. The average molecular weight is 533 g/mol. The fourth-order valence-corrected chi connectivity index (χ4v) is 5.53. The molecule has 37 heavy (non-hydrogen) atoms. The number of aryl methyl sites for hydroxylation is 1. The van der Waals surface area contributed by atoms with Crippen molar-refractivity contribution >= 4 is 40.6 Å². The van der Waals surface area contributed by atoms with Gasteiger partial charge in [-0.3, -0.25) is 4.98 Å². The van der Waals surface area contributed by atoms with Crippen LogP contribution in [0.4, 0.5) is 5.69 Å². The summed E-state index contributed by atoms with van der Waals surface area (Å²) in [6, 6.07) is 19.4. The molecular weight excluding hydrogens is 508 g/mol. The van der Waals surface area contributed by atoms with Gasteiger partial charge in [-0.05, 0) is 80.2 Å². The second kappa shape index (κ2) is 9.88. The number of carbonyl (C=O) groups excluding carboxylic acids is 1. The molecule has 1 saturated heterocycles. The highest BCUT2D eigenvalue weighted by atomic mass is 35.5. The fourth-order valence-electron chi connectivity index (χ4n) is 5.03. The minimum Gasteiger partial charge on any atom is -0.506 e. The van der Waals surface area contributed by atoms with E-state index in [9.17, 15) is 9.90 Å². The lowest BCUT2D eigenvalue weighted by molar-refractivity contribution is 0.0600. The smallest absolute Gasteiger partial charge is 0.339 e. The van der Waals surface area contributed by atoms with Crippen molar-refractivity contribution in [3.63, 3.8) is 0 Å². The molecular formula is C28H25ClN4O3S. The number of hydrogen-bond acceptors (Lipinski definition) is 5. The average Bonchev–Trinajstić information content (AvgIpc) is 3.40. The molecule has 0 unspecified atom stereocenters. The Hall–Kier alpha value is -3.88. The van der Waals surface area contributed by atoms with Crippen LogP contribution < -0.4 is 10.2 Å². The van der Waals surface area contributed by atoms with E-state index in [1.54, 1.807) is 30.5 Å². The fraction of sp³-hybridized carbons (Fsp3) is 0.179. The summed E-state index contributed by atoms with van der Waals surface area (Å²) in [5, 5.41) is 15.1. The van der Waals surface area contributed by atoms with Crippen LogP contribution in [0.1, 0.15) is 45.1 Å². The number of thiocarbonyl (C=S) groups is 1. The number of para-hydroxylation sites is 1. The van der Waals surface area contributed by atoms with E-state index in [0.29, 0.717) is 21.4 Å². The Bertz CT molecular complexity index is 1500. The number of nitrogens with one attached hydrogen (secondary N) is 1. The second-order valence-corrected chi connectivity index (χ2v) is 9.62. The SMILES string of the molecule is COC(=O)c1ccccc1-n1c(C)cc([C@H]2[C@@H](c3ccccn3)NC(=S)N2c2cc(Cl)ccc2O)c1C. The topological polar surface area (TPSA) is 79.6 Å². The Morgan fingerprint density at radius 3 is 2.57 bits per heavy atom. The Kier molecular flexibility index (Phi) is 6.62. The quantitative estimate of drug-likeness (QED) is 0.248. The van der Waals surface area contributed by atoms with Crippen LogP contribution in [0.15, 0.2) is 72.9 Å². The van der Waals surface area contributed by atoms with Crippen molar-refractivity contribution in [2.75, 3.05) is 12.0 Å². The third-order valence-electron chi connectivity index (χ3n) is 6.63. The minimum absolute atomic E-state index is 0.0602. The maximum Gasteiger partial charge on any atom is 0.339 e. The van der Waals surface area contributed by atoms with Gasteiger partial charge < -0.3 is 24.6 Å². The highest BCUT2D eigenvalue weighted by Crippen LogP contribution is 2.46. The minimum atomic E-state index is -0.412. The van der Waals surface area contributed by atoms with Gasteiger partial charge in [0.2, 0.25) is 0 Å². The van der Waals surface area contributed by atoms with Crippen LogP contribution in [0.2, 0.25) is 5.02 Å². The zero-order chi connectivity index (χ0) is 26.3. The van der Waals surface area contributed by atoms with E-state index in [1.807, 2.05) is 59.7 Å². The lowest BCUT2D eigenvalue weighted by Gasteiger charge is -2.29. The van der Waals surface area contributed by atoms with Crippen molar-refractivity contribution in [1.29, 1.82) is 0 Å². The van der Waals surface area contributed by atoms with Gasteiger partial charge in [0.25, 0.3) is 0 Å². The van der Waals surface area contributed by atoms with Crippen molar-refractivity contribution in [3.05, 3.63) is 106 Å². The maximum absolute atomic E-state index is 12.6. The van der Waals surface area contributed by atoms with Crippen LogP contribution >= 0.6 is 23.8 Å². The standard InChI is InChI=1S/C28H25ClN4O3S/c1-16-14-20(17(2)32(16)22-10-5-4-8-19(22)27(35)36-3)26-25(21-9-6-7-13-30-21)31-28(37)33(26)23-15-18(29)11-12-24(23)34/h4-15,25-26,34H,1-3H3,(H,31,37)/t25-,26+/m1/s1. The lowest BCUT2D eigenvalue weighted by atomic mass is 9.96. The number of aromatic hydroxyl groups is 1. The van der Waals surface area contributed by atoms with Crippen molar-refractivity contribution in [3.8, 4) is 11.4 Å². The Morgan fingerprint density at radius 2 is 1.84 bits per heavy atom. The van der Waals surface area contributed by atoms with Crippen LogP contribution in [-0.2, 0) is 4.74 Å². The van der Waals surface area contributed by atoms with Gasteiger partial charge in [-0.1, -0.05) is 29.8 Å². The number of ether oxygens (including phenoxy) is 1. The maximum atomic E-state index is 12.6. The molecule has 3 heterocycles. The van der Waals surface area contributed by atoms with E-state index in [-0.39, 0.29) is 17.8 Å². The van der Waals surface area contributed by atoms with Crippen molar-refractivity contribution in [1.82, 2.24) is 14.9 Å². The number of methoxy groups -OCH3 is 1. The molecule has 2 aromatic carbocycles. The first-order valence-corrected chi connectivity index (χ1v) is 12.5. The zero-order valence-electron chi connectivity index (χ0n) is 20.5. The molecule has 0 bridgehead atoms. The number of rotatable bonds is 5. The number of anilines is 1. The Balaban J connectivity index is 1.72. The summed E-state index contributed by atoms with van der Waals surface area (Å²) in [6.07, 6.45) is 1.74. The number of nitrogens with zero attached hydrogens (tertiary/aromatic N) is 3. The second-order valence-electron chi connectivity index (χ2n) is 8.80. The molecule has 1 fully saturated rings. The number of hydrogen-bond donors (Lipinski definition) is 2. The van der Waals surface area contributed by atoms with Crippen LogP contribution in [0, 0.1) is 13.8 Å². The predicted molar refractivity (Wildman–Crippen MR) is 148 cm³/mol. The summed E-state index contributed by atoms with van der Waals surface area (Å²) in [5.74, 6) is -0.352. The van der Waals surface area contributed by atoms with Crippen LogP contribution in [0.5, 0.6) is 5.75 Å². The number of benzene rings is 2. The summed E-state index contributed by atoms with van der Waals surface area (Å²) in [6.45, 7) is 3.99. The first-order chi connectivity index (χ1) is 17.8. The molecule has 0 radical (unpaired) electrons. The van der Waals surface area contributed by atoms with E-state index in [0.717, 1.165) is 28.3 Å². The van der Waals surface area contributed by atoms with Gasteiger partial charge >= 0.3 is 5.97 Å². The van der Waals surface area contributed by atoms with E-state index in [2.05, 4.69) is 16.4 Å². The first kappa shape index (κ1) is 24.8. The summed E-state index contributed by atoms with van der Waals surface area (Å²) < 4.78 is 7.07. The number of halogens is 1. The molecule has 9 heteroatoms. The van der Waals surface area contributed by atoms with E-state index < -0.39 is 5.97 Å². The van der Waals surface area contributed by atoms with Crippen LogP contribution in [0.25, 0.3) is 5.69 Å². The third-order valence-corrected chi connectivity index (χ3v) is 7.18. The van der Waals surface area contributed by atoms with Gasteiger partial charge in [-0.15, -0.1) is 0 Å². The van der Waals surface area contributed by atoms with Gasteiger partial charge in [-0.25, -0.2) is 4.79 Å². The molecule has 5 rings (SSSR count). The molecule has 0 spiro atoms. The lowest BCUT2D eigenvalue weighted by Crippen LogP contribution is -2.29. The number of phenols is 1. The van der Waals surface area contributed by atoms with Crippen molar-refractivity contribution in [2.45, 2.75) is 25.9 Å². The molecule has 0 amide bonds. The molecule has 2 atom stereocenters. The van der Waals surface area contributed by atoms with E-state index >= 15 is 0 Å². The van der Waals surface area contributed by atoms with E-state index in [4.69, 9.17) is 28.6 Å². The monoisotopic (exact) mass is 532 g/mol. The Labute approximate surface area is 225 Å². The van der Waals surface area contributed by atoms with Gasteiger partial charge in [0, 0.05) is 22.6 Å². The van der Waals surface area contributed by atoms with Gasteiger partial charge in [0.05, 0.1) is 41.8 Å². The molecule has 188 valence electrons. The first-order valence-electron chi connectivity index (χ1n) is 11.7. The molecule has 7 nitrogen and oxygen atoms in total. The van der Waals surface area contributed by atoms with Crippen molar-refractivity contribution in [2.24, 2.45) is 0 Å².